The van der Waals surface area contributed by atoms with Gasteiger partial charge < -0.3 is 28.8 Å². The van der Waals surface area contributed by atoms with Gasteiger partial charge in [-0.05, 0) is 105 Å². The van der Waals surface area contributed by atoms with E-state index in [2.05, 4.69) is 39.5 Å². The first kappa shape index (κ1) is 34.0. The molecule has 9 nitrogen and oxygen atoms in total. The molecule has 2 spiro atoms. The number of morpholine rings is 1. The predicted octanol–water partition coefficient (Wildman–Crippen LogP) is 5.15. The zero-order valence-corrected chi connectivity index (χ0v) is 30.7. The van der Waals surface area contributed by atoms with Gasteiger partial charge in [0.15, 0.2) is 18.2 Å². The number of esters is 1. The van der Waals surface area contributed by atoms with Crippen molar-refractivity contribution >= 4 is 11.8 Å². The number of carbonyl (C=O) groups is 2. The fourth-order valence-corrected chi connectivity index (χ4v) is 14.0. The second-order valence-corrected chi connectivity index (χ2v) is 19.1. The van der Waals surface area contributed by atoms with Gasteiger partial charge in [-0.2, -0.15) is 0 Å². The number of ether oxygens (including phenoxy) is 5. The first-order chi connectivity index (χ1) is 22.5. The summed E-state index contributed by atoms with van der Waals surface area (Å²) >= 11 is 0. The number of fused-ring (bicyclic) bond motifs is 4. The standard InChI is InChI=1S/C39H61NO8/c1-22-17-25(33(35(5,6)43)46-23(2)41)47-31-30(22)36(7)13-14-39-21-38(39)12-11-28(48-29-18-40(15-16-45-29)24-19-44-20-24)34(3,4)26(38)9-10-27(39)37(36,8)32(31)42/h22,24-31,33,43H,9-21H2,1-8H3/t22-,25?,26?,27?,28+,29+,30+,31?,33+,36-,37-,38-,39?/m1/s1. The van der Waals surface area contributed by atoms with Crippen molar-refractivity contribution in [1.82, 2.24) is 4.90 Å². The monoisotopic (exact) mass is 671 g/mol. The van der Waals surface area contributed by atoms with Crippen LogP contribution in [0, 0.1) is 50.7 Å². The van der Waals surface area contributed by atoms with Gasteiger partial charge in [-0.15, -0.1) is 0 Å². The van der Waals surface area contributed by atoms with Gasteiger partial charge >= 0.3 is 5.97 Å². The van der Waals surface area contributed by atoms with E-state index in [1.165, 1.54) is 26.2 Å². The van der Waals surface area contributed by atoms with Crippen molar-refractivity contribution in [3.8, 4) is 0 Å². The van der Waals surface area contributed by atoms with E-state index in [0.29, 0.717) is 30.9 Å². The first-order valence-electron chi connectivity index (χ1n) is 19.2. The number of carbonyl (C=O) groups excluding carboxylic acids is 2. The SMILES string of the molecule is CC(=O)O[C@@H](C1C[C@@H](C)[C@H]2C(O1)C(=O)[C@@]1(C)C3CCC4C(C)(C)[C@@H](O[C@H]5CN(C6COC6)CCO5)CC[C@@]45CC35CC[C@]21C)C(C)(C)O. The molecule has 270 valence electrons. The van der Waals surface area contributed by atoms with Gasteiger partial charge in [0.05, 0.1) is 50.2 Å². The van der Waals surface area contributed by atoms with Crippen LogP contribution in [0.2, 0.25) is 0 Å². The van der Waals surface area contributed by atoms with Gasteiger partial charge in [0.1, 0.15) is 6.10 Å². The van der Waals surface area contributed by atoms with Crippen molar-refractivity contribution in [1.29, 1.82) is 0 Å². The van der Waals surface area contributed by atoms with E-state index < -0.39 is 35.3 Å². The van der Waals surface area contributed by atoms with E-state index in [9.17, 15) is 9.90 Å². The zero-order chi connectivity index (χ0) is 34.2. The summed E-state index contributed by atoms with van der Waals surface area (Å²) in [5.74, 6) is 1.08. The van der Waals surface area contributed by atoms with Crippen molar-refractivity contribution in [3.63, 3.8) is 0 Å². The molecule has 0 radical (unpaired) electrons. The van der Waals surface area contributed by atoms with Crippen LogP contribution in [0.3, 0.4) is 0 Å². The molecule has 8 aliphatic rings. The highest BCUT2D eigenvalue weighted by atomic mass is 16.7. The summed E-state index contributed by atoms with van der Waals surface area (Å²) in [5, 5.41) is 11.0. The Bertz CT molecular complexity index is 1330. The molecule has 13 atom stereocenters. The third-order valence-electron chi connectivity index (χ3n) is 16.3. The summed E-state index contributed by atoms with van der Waals surface area (Å²) in [6.07, 6.45) is 6.69. The Hall–Kier alpha value is -1.10. The molecular weight excluding hydrogens is 610 g/mol. The van der Waals surface area contributed by atoms with Gasteiger partial charge in [-0.1, -0.05) is 34.6 Å². The summed E-state index contributed by atoms with van der Waals surface area (Å²) in [6, 6.07) is 0.501. The lowest BCUT2D eigenvalue weighted by molar-refractivity contribution is -0.255. The van der Waals surface area contributed by atoms with Crippen molar-refractivity contribution in [2.24, 2.45) is 50.7 Å². The molecule has 3 aliphatic heterocycles. The van der Waals surface area contributed by atoms with Crippen LogP contribution in [0.15, 0.2) is 0 Å². The minimum absolute atomic E-state index is 0.0287. The minimum atomic E-state index is -1.28. The molecule has 5 aliphatic carbocycles. The number of rotatable bonds is 6. The third-order valence-corrected chi connectivity index (χ3v) is 16.3. The molecule has 9 heteroatoms. The van der Waals surface area contributed by atoms with Crippen molar-refractivity contribution in [2.45, 2.75) is 149 Å². The average molecular weight is 672 g/mol. The van der Waals surface area contributed by atoms with E-state index in [0.717, 1.165) is 52.0 Å². The van der Waals surface area contributed by atoms with Crippen LogP contribution in [0.5, 0.6) is 0 Å². The Balaban J connectivity index is 1.03. The van der Waals surface area contributed by atoms with Crippen LogP contribution < -0.4 is 0 Å². The maximum atomic E-state index is 15.0. The Morgan fingerprint density at radius 2 is 1.75 bits per heavy atom. The molecule has 8 fully saturated rings. The molecule has 5 unspecified atom stereocenters. The number of aliphatic hydroxyl groups is 1. The molecule has 8 rings (SSSR count). The first-order valence-corrected chi connectivity index (χ1v) is 19.2. The zero-order valence-electron chi connectivity index (χ0n) is 30.7. The summed E-state index contributed by atoms with van der Waals surface area (Å²) < 4.78 is 31.0. The molecule has 5 saturated carbocycles. The van der Waals surface area contributed by atoms with Gasteiger partial charge in [0.25, 0.3) is 0 Å². The summed E-state index contributed by atoms with van der Waals surface area (Å²) in [5.41, 5.74) is -1.39. The van der Waals surface area contributed by atoms with E-state index in [1.807, 2.05) is 0 Å². The molecule has 48 heavy (non-hydrogen) atoms. The Morgan fingerprint density at radius 1 is 1.04 bits per heavy atom. The van der Waals surface area contributed by atoms with Gasteiger partial charge in [-0.25, -0.2) is 0 Å². The van der Waals surface area contributed by atoms with Crippen LogP contribution in [0.4, 0.5) is 0 Å². The number of nitrogens with zero attached hydrogens (tertiary/aromatic N) is 1. The lowest BCUT2D eigenvalue weighted by atomic mass is 9.41. The smallest absolute Gasteiger partial charge is 0.303 e. The molecule has 3 saturated heterocycles. The maximum absolute atomic E-state index is 15.0. The van der Waals surface area contributed by atoms with Crippen LogP contribution in [0.25, 0.3) is 0 Å². The number of ketones is 1. The molecule has 0 aromatic rings. The fourth-order valence-electron chi connectivity index (χ4n) is 14.0. The second kappa shape index (κ2) is 11.0. The highest BCUT2D eigenvalue weighted by Crippen LogP contribution is 2.89. The molecule has 0 amide bonds. The van der Waals surface area contributed by atoms with Crippen LogP contribution >= 0.6 is 0 Å². The van der Waals surface area contributed by atoms with Crippen LogP contribution in [-0.2, 0) is 33.3 Å². The fraction of sp³-hybridized carbons (Fsp3) is 0.949. The minimum Gasteiger partial charge on any atom is -0.457 e. The Labute approximate surface area is 287 Å². The number of hydrogen-bond donors (Lipinski definition) is 1. The Morgan fingerprint density at radius 3 is 2.42 bits per heavy atom. The van der Waals surface area contributed by atoms with E-state index in [4.69, 9.17) is 23.7 Å². The van der Waals surface area contributed by atoms with Crippen molar-refractivity contribution in [3.05, 3.63) is 0 Å². The predicted molar refractivity (Wildman–Crippen MR) is 178 cm³/mol. The normalized spacial score (nSPS) is 50.6. The quantitative estimate of drug-likeness (QED) is 0.384. The van der Waals surface area contributed by atoms with Crippen molar-refractivity contribution in [2.75, 3.05) is 32.9 Å². The largest absolute Gasteiger partial charge is 0.457 e. The van der Waals surface area contributed by atoms with Gasteiger partial charge in [-0.3, -0.25) is 14.5 Å². The summed E-state index contributed by atoms with van der Waals surface area (Å²) in [6.45, 7) is 20.7. The van der Waals surface area contributed by atoms with Gasteiger partial charge in [0.2, 0.25) is 0 Å². The third kappa shape index (κ3) is 4.49. The van der Waals surface area contributed by atoms with Crippen molar-refractivity contribution < 1.29 is 38.4 Å². The molecular formula is C39H61NO8. The molecule has 3 heterocycles. The summed E-state index contributed by atoms with van der Waals surface area (Å²) in [4.78, 5) is 29.6. The van der Waals surface area contributed by atoms with E-state index >= 15 is 4.79 Å². The topological polar surface area (TPSA) is 104 Å². The van der Waals surface area contributed by atoms with Crippen LogP contribution in [-0.4, -0.2) is 97.0 Å². The number of hydrogen-bond acceptors (Lipinski definition) is 9. The molecule has 0 aromatic carbocycles. The maximum Gasteiger partial charge on any atom is 0.303 e. The molecule has 0 aromatic heterocycles. The van der Waals surface area contributed by atoms with Gasteiger partial charge in [0, 0.05) is 24.8 Å². The lowest BCUT2D eigenvalue weighted by Crippen LogP contribution is -2.60. The highest BCUT2D eigenvalue weighted by molar-refractivity contribution is 5.93. The van der Waals surface area contributed by atoms with Crippen LogP contribution in [0.1, 0.15) is 107 Å². The number of Topliss-reactive ketones (excluding diaryl/α,β-unsaturated/α-hetero) is 1. The van der Waals surface area contributed by atoms with E-state index in [-0.39, 0.29) is 51.7 Å². The lowest BCUT2D eigenvalue weighted by Gasteiger charge is -2.62. The Kier molecular flexibility index (Phi) is 7.76. The average Bonchev–Trinajstić information content (AvgIpc) is 3.61. The molecule has 0 bridgehead atoms. The van der Waals surface area contributed by atoms with E-state index in [1.54, 1.807) is 13.8 Å². The highest BCUT2D eigenvalue weighted by Gasteiger charge is 2.85. The molecule has 1 N–H and O–H groups in total. The second-order valence-electron chi connectivity index (χ2n) is 19.1. The summed E-state index contributed by atoms with van der Waals surface area (Å²) in [7, 11) is 0.